The van der Waals surface area contributed by atoms with E-state index in [1.54, 1.807) is 0 Å². The van der Waals surface area contributed by atoms with Crippen LogP contribution >= 0.6 is 0 Å². The molecule has 136 heavy (non-hydrogen) atoms. The van der Waals surface area contributed by atoms with Gasteiger partial charge in [0.2, 0.25) is 0 Å². The molecule has 0 amide bonds. The molecule has 27 aromatic rings. The molecular formula is C121H82N10O5. The summed E-state index contributed by atoms with van der Waals surface area (Å²) in [6.45, 7) is 5.98. The molecular weight excluding hydrogens is 1670 g/mol. The summed E-state index contributed by atoms with van der Waals surface area (Å²) in [5.41, 5.74) is 25.4. The lowest BCUT2D eigenvalue weighted by Crippen LogP contribution is -2.14. The molecule has 10 heterocycles. The molecule has 0 unspecified atom stereocenters. The van der Waals surface area contributed by atoms with Crippen molar-refractivity contribution in [2.75, 3.05) is 26.4 Å². The Balaban J connectivity index is 0.574. The number of hydrogen-bond donors (Lipinski definition) is 0. The number of ether oxygens (including phenoxy) is 4. The fourth-order valence-electron chi connectivity index (χ4n) is 21.9. The number of nitriles is 1. The molecule has 646 valence electrons. The van der Waals surface area contributed by atoms with Crippen LogP contribution in [0.4, 0.5) is 0 Å². The van der Waals surface area contributed by atoms with Crippen molar-refractivity contribution in [1.29, 1.82) is 5.26 Å². The van der Waals surface area contributed by atoms with Crippen molar-refractivity contribution in [2.45, 2.75) is 26.7 Å². The van der Waals surface area contributed by atoms with Crippen LogP contribution in [0.3, 0.4) is 0 Å². The van der Waals surface area contributed by atoms with Crippen molar-refractivity contribution in [3.63, 3.8) is 0 Å². The first-order valence-electron chi connectivity index (χ1n) is 46.4. The summed E-state index contributed by atoms with van der Waals surface area (Å²) >= 11 is 0. The van der Waals surface area contributed by atoms with Gasteiger partial charge in [0.25, 0.3) is 0 Å². The molecule has 15 nitrogen and oxygen atoms in total. The van der Waals surface area contributed by atoms with Gasteiger partial charge in [-0.05, 0) is 164 Å². The van der Waals surface area contributed by atoms with E-state index < -0.39 is 0 Å². The van der Waals surface area contributed by atoms with E-state index in [2.05, 4.69) is 416 Å². The largest absolute Gasteiger partial charge is 0.493 e. The highest BCUT2D eigenvalue weighted by Gasteiger charge is 2.33. The molecule has 0 bridgehead atoms. The molecule has 10 aromatic heterocycles. The number of aromatic nitrogens is 9. The highest BCUT2D eigenvalue weighted by molar-refractivity contribution is 6.19. The molecule has 0 atom stereocenters. The van der Waals surface area contributed by atoms with Gasteiger partial charge in [0.05, 0.1) is 138 Å². The predicted molar refractivity (Wildman–Crippen MR) is 553 cm³/mol. The van der Waals surface area contributed by atoms with E-state index >= 15 is 0 Å². The van der Waals surface area contributed by atoms with Crippen LogP contribution in [0.1, 0.15) is 29.5 Å². The van der Waals surface area contributed by atoms with Crippen LogP contribution in [0, 0.1) is 25.2 Å². The van der Waals surface area contributed by atoms with Gasteiger partial charge in [-0.2, -0.15) is 5.26 Å². The first-order chi connectivity index (χ1) is 67.3. The van der Waals surface area contributed by atoms with Crippen molar-refractivity contribution in [3.8, 4) is 80.4 Å². The lowest BCUT2D eigenvalue weighted by molar-refractivity contribution is 0.247. The Bertz CT molecular complexity index is 9270. The Kier molecular flexibility index (Phi) is 17.9. The van der Waals surface area contributed by atoms with Crippen molar-refractivity contribution in [1.82, 2.24) is 41.9 Å². The van der Waals surface area contributed by atoms with Gasteiger partial charge in [-0.3, -0.25) is 13.7 Å². The minimum Gasteiger partial charge on any atom is -0.493 e. The fourth-order valence-corrected chi connectivity index (χ4v) is 21.9. The van der Waals surface area contributed by atoms with Crippen molar-refractivity contribution < 1.29 is 23.4 Å². The van der Waals surface area contributed by atoms with Gasteiger partial charge in [-0.25, -0.2) is 9.97 Å². The van der Waals surface area contributed by atoms with Crippen LogP contribution in [0.15, 0.2) is 393 Å². The zero-order valence-corrected chi connectivity index (χ0v) is 74.2. The second kappa shape index (κ2) is 31.2. The van der Waals surface area contributed by atoms with Gasteiger partial charge in [-0.15, -0.1) is 0 Å². The van der Waals surface area contributed by atoms with Crippen LogP contribution in [0.5, 0.6) is 23.0 Å². The van der Waals surface area contributed by atoms with Crippen LogP contribution in [-0.2, 0) is 0 Å². The Morgan fingerprint density at radius 1 is 0.257 bits per heavy atom. The summed E-state index contributed by atoms with van der Waals surface area (Å²) in [7, 11) is 0. The smallest absolute Gasteiger partial charge is 0.178 e. The molecule has 0 aliphatic heterocycles. The van der Waals surface area contributed by atoms with Crippen molar-refractivity contribution >= 4 is 175 Å². The molecule has 27 rings (SSSR count). The summed E-state index contributed by atoms with van der Waals surface area (Å²) in [5, 5.41) is 27.0. The van der Waals surface area contributed by atoms with Crippen LogP contribution < -0.4 is 18.9 Å². The second-order valence-corrected chi connectivity index (χ2v) is 35.3. The molecule has 0 spiro atoms. The molecule has 0 aliphatic rings. The minimum absolute atomic E-state index is 0.353. The summed E-state index contributed by atoms with van der Waals surface area (Å²) in [4.78, 5) is 11.1. The number of para-hydroxylation sites is 12. The maximum Gasteiger partial charge on any atom is 0.178 e. The number of fused-ring (bicyclic) bond motifs is 24. The highest BCUT2D eigenvalue weighted by Crippen LogP contribution is 2.52. The van der Waals surface area contributed by atoms with Gasteiger partial charge >= 0.3 is 0 Å². The predicted octanol–water partition coefficient (Wildman–Crippen LogP) is 29.9. The molecule has 0 aliphatic carbocycles. The molecule has 17 aromatic carbocycles. The molecule has 15 heteroatoms. The minimum atomic E-state index is 0.353. The summed E-state index contributed by atoms with van der Waals surface area (Å²) in [5.74, 6) is 5.05. The van der Waals surface area contributed by atoms with Gasteiger partial charge in [0.1, 0.15) is 51.6 Å². The van der Waals surface area contributed by atoms with Crippen molar-refractivity contribution in [2.24, 2.45) is 0 Å². The number of nitrogens with zero attached hydrogens (tertiary/aromatic N) is 10. The molecule has 0 N–H and O–H groups in total. The Hall–Kier alpha value is -17.9. The number of hydrogen-bond acceptors (Lipinski definition) is 8. The third-order valence-electron chi connectivity index (χ3n) is 27.9. The normalized spacial score (nSPS) is 12.1. The third-order valence-corrected chi connectivity index (χ3v) is 27.9. The quantitative estimate of drug-likeness (QED) is 0.0689. The zero-order valence-electron chi connectivity index (χ0n) is 74.2. The molecule has 0 saturated carbocycles. The molecule has 0 fully saturated rings. The van der Waals surface area contributed by atoms with Gasteiger partial charge < -0.3 is 41.6 Å². The highest BCUT2D eigenvalue weighted by atomic mass is 16.5. The van der Waals surface area contributed by atoms with Crippen LogP contribution in [0.2, 0.25) is 0 Å². The van der Waals surface area contributed by atoms with E-state index in [9.17, 15) is 5.26 Å². The van der Waals surface area contributed by atoms with E-state index in [-0.39, 0.29) is 0 Å². The number of benzene rings is 17. The summed E-state index contributed by atoms with van der Waals surface area (Å²) < 4.78 is 51.5. The maximum atomic E-state index is 10.4. The summed E-state index contributed by atoms with van der Waals surface area (Å²) in [6, 6.07) is 140. The summed E-state index contributed by atoms with van der Waals surface area (Å²) in [6.07, 6.45) is 1.13. The first kappa shape index (κ1) is 78.0. The lowest BCUT2D eigenvalue weighted by atomic mass is 9.91. The number of pyridine rings is 2. The fraction of sp³-hybridized carbons (Fsp3) is 0.0661. The van der Waals surface area contributed by atoms with Crippen LogP contribution in [0.25, 0.3) is 226 Å². The van der Waals surface area contributed by atoms with E-state index in [0.29, 0.717) is 79.0 Å². The maximum absolute atomic E-state index is 10.4. The Morgan fingerprint density at radius 2 is 0.559 bits per heavy atom. The van der Waals surface area contributed by atoms with E-state index in [1.165, 1.54) is 0 Å². The Labute approximate surface area is 778 Å². The lowest BCUT2D eigenvalue weighted by Gasteiger charge is -2.28. The average Bonchev–Trinajstić information content (AvgIpc) is 1.48. The van der Waals surface area contributed by atoms with E-state index in [4.69, 9.17) is 33.3 Å². The zero-order chi connectivity index (χ0) is 89.9. The van der Waals surface area contributed by atoms with E-state index in [1.807, 2.05) is 24.3 Å². The van der Waals surface area contributed by atoms with E-state index in [0.717, 1.165) is 226 Å². The van der Waals surface area contributed by atoms with Crippen LogP contribution in [-0.4, -0.2) is 68.4 Å². The average molecular weight is 1760 g/mol. The monoisotopic (exact) mass is 1750 g/mol. The third kappa shape index (κ3) is 12.1. The number of rotatable bonds is 20. The van der Waals surface area contributed by atoms with Gasteiger partial charge in [0, 0.05) is 123 Å². The molecule has 0 saturated heterocycles. The van der Waals surface area contributed by atoms with Crippen molar-refractivity contribution in [3.05, 3.63) is 405 Å². The Morgan fingerprint density at radius 3 is 0.926 bits per heavy atom. The standard InChI is InChI=1S/C121H82N10O5/c1-74-75(2)118(129-105-49-23-11-37-90(105)91-38-12-24-50-106(91)129)120(119(116(74)77-55-53-76(73-122)54-56-77)130-107-51-25-13-39-92(107)93-40-14-26-52-108(93)130)131-109-61-58-78(132-63-27-65-134-80-57-60-94-112(69-80)136-121-111(125-97-41-15-3-29-82(97)83-30-4-16-42-98(83)125)72-115(124-117(94)121)128-103-47-21-9-35-88(103)89-36-10-22-48-104(89)128)67-95(109)96-68-79(59-62-110(96)131)133-64-28-66-135-81-70-113(126-99-43-17-5-31-84(99)85-32-6-18-44-100(85)126)123-114(71-81)127-101-45-19-7-33-86(101)87-34-8-20-46-102(87)127/h3-26,29-62,67-72H,27-28,63-66H2,1-2H3. The van der Waals surface area contributed by atoms with Gasteiger partial charge in [0.15, 0.2) is 5.58 Å². The number of furan rings is 1. The van der Waals surface area contributed by atoms with Gasteiger partial charge in [-0.1, -0.05) is 231 Å². The SMILES string of the molecule is Cc1c(C)c(-n2c3ccccc3c3ccccc32)c(-n2c3ccc(OCCCOc4cc(-n5c6ccccc6c6ccccc65)nc(-n5c6ccccc6c6ccccc65)c4)cc3c3cc(OCCCOc4ccc5c(c4)oc4c(-n6c7ccccc7c7ccccc76)cc(-n6c7ccccc7c7ccccc76)nc45)ccc32)c(-n2c3ccccc3c3ccccc32)c1-c1ccc(C#N)cc1. The topological polar surface area (TPSA) is 134 Å². The molecule has 0 radical (unpaired) electrons. The second-order valence-electron chi connectivity index (χ2n) is 35.3. The first-order valence-corrected chi connectivity index (χ1v) is 46.4.